The maximum Gasteiger partial charge on any atom is 0.387 e. The Balaban J connectivity index is 2.75. The molecule has 0 amide bonds. The number of rotatable bonds is 6. The molecule has 7 heteroatoms. The summed E-state index contributed by atoms with van der Waals surface area (Å²) in [4.78, 5) is 11.2. The number of halogens is 3. The standard InChI is InChI=1S/C12H14ClF2NO3/c1-7(11(17)18-2)16-6-8-5-9(13)3-4-10(8)19-12(14)15/h3-5,7,12,16H,6H2,1-2H3. The summed E-state index contributed by atoms with van der Waals surface area (Å²) in [6, 6.07) is 3.74. The fourth-order valence-corrected chi connectivity index (χ4v) is 1.61. The van der Waals surface area contributed by atoms with Crippen molar-refractivity contribution in [3.63, 3.8) is 0 Å². The first-order valence-corrected chi connectivity index (χ1v) is 5.86. The van der Waals surface area contributed by atoms with Gasteiger partial charge in [-0.15, -0.1) is 0 Å². The minimum absolute atomic E-state index is 0.0176. The van der Waals surface area contributed by atoms with Gasteiger partial charge in [0.1, 0.15) is 11.8 Å². The smallest absolute Gasteiger partial charge is 0.387 e. The van der Waals surface area contributed by atoms with Gasteiger partial charge in [-0.25, -0.2) is 0 Å². The Morgan fingerprint density at radius 2 is 2.16 bits per heavy atom. The molecule has 1 N–H and O–H groups in total. The number of alkyl halides is 2. The van der Waals surface area contributed by atoms with E-state index in [0.29, 0.717) is 10.6 Å². The minimum Gasteiger partial charge on any atom is -0.468 e. The summed E-state index contributed by atoms with van der Waals surface area (Å²) in [6.07, 6.45) is 0. The number of ether oxygens (including phenoxy) is 2. The van der Waals surface area contributed by atoms with Crippen LogP contribution in [-0.4, -0.2) is 25.7 Å². The van der Waals surface area contributed by atoms with Crippen LogP contribution in [-0.2, 0) is 16.1 Å². The van der Waals surface area contributed by atoms with Gasteiger partial charge in [0.25, 0.3) is 0 Å². The Kier molecular flexibility index (Phi) is 5.98. The first kappa shape index (κ1) is 15.7. The molecule has 1 aromatic rings. The van der Waals surface area contributed by atoms with Crippen molar-refractivity contribution in [3.8, 4) is 5.75 Å². The Morgan fingerprint density at radius 3 is 2.74 bits per heavy atom. The maximum atomic E-state index is 12.2. The van der Waals surface area contributed by atoms with Gasteiger partial charge in [0.15, 0.2) is 0 Å². The zero-order valence-electron chi connectivity index (χ0n) is 10.5. The number of hydrogen-bond acceptors (Lipinski definition) is 4. The van der Waals surface area contributed by atoms with E-state index < -0.39 is 18.6 Å². The first-order chi connectivity index (χ1) is 8.93. The fraction of sp³-hybridized carbons (Fsp3) is 0.417. The maximum absolute atomic E-state index is 12.2. The number of nitrogens with one attached hydrogen (secondary N) is 1. The van der Waals surface area contributed by atoms with Crippen LogP contribution < -0.4 is 10.1 Å². The third-order valence-corrected chi connectivity index (χ3v) is 2.63. The van der Waals surface area contributed by atoms with Crippen LogP contribution in [0, 0.1) is 0 Å². The fourth-order valence-electron chi connectivity index (χ4n) is 1.42. The lowest BCUT2D eigenvalue weighted by Gasteiger charge is -2.14. The molecule has 19 heavy (non-hydrogen) atoms. The highest BCUT2D eigenvalue weighted by Gasteiger charge is 2.15. The van der Waals surface area contributed by atoms with E-state index >= 15 is 0 Å². The quantitative estimate of drug-likeness (QED) is 0.819. The number of methoxy groups -OCH3 is 1. The number of carbonyl (C=O) groups is 1. The minimum atomic E-state index is -2.92. The van der Waals surface area contributed by atoms with Gasteiger partial charge in [-0.3, -0.25) is 4.79 Å². The van der Waals surface area contributed by atoms with Gasteiger partial charge in [0, 0.05) is 17.1 Å². The molecule has 0 heterocycles. The Labute approximate surface area is 114 Å². The molecule has 0 saturated carbocycles. The average molecular weight is 294 g/mol. The molecule has 0 aliphatic heterocycles. The normalized spacial score (nSPS) is 12.3. The number of carbonyl (C=O) groups excluding carboxylic acids is 1. The van der Waals surface area contributed by atoms with E-state index in [4.69, 9.17) is 11.6 Å². The molecule has 106 valence electrons. The van der Waals surface area contributed by atoms with Crippen molar-refractivity contribution in [1.82, 2.24) is 5.32 Å². The SMILES string of the molecule is COC(=O)C(C)NCc1cc(Cl)ccc1OC(F)F. The largest absolute Gasteiger partial charge is 0.468 e. The second-order valence-corrected chi connectivity index (χ2v) is 4.19. The van der Waals surface area contributed by atoms with Crippen LogP contribution in [0.4, 0.5) is 8.78 Å². The van der Waals surface area contributed by atoms with E-state index in [1.807, 2.05) is 0 Å². The van der Waals surface area contributed by atoms with Gasteiger partial charge in [0.05, 0.1) is 7.11 Å². The van der Waals surface area contributed by atoms with Gasteiger partial charge in [-0.05, 0) is 25.1 Å². The molecule has 0 aliphatic carbocycles. The molecule has 0 aliphatic rings. The van der Waals surface area contributed by atoms with Crippen LogP contribution in [0.15, 0.2) is 18.2 Å². The molecule has 0 saturated heterocycles. The van der Waals surface area contributed by atoms with Crippen molar-refractivity contribution in [1.29, 1.82) is 0 Å². The highest BCUT2D eigenvalue weighted by atomic mass is 35.5. The monoisotopic (exact) mass is 293 g/mol. The number of esters is 1. The van der Waals surface area contributed by atoms with E-state index in [0.717, 1.165) is 0 Å². The van der Waals surface area contributed by atoms with Crippen LogP contribution in [0.1, 0.15) is 12.5 Å². The lowest BCUT2D eigenvalue weighted by molar-refractivity contribution is -0.142. The van der Waals surface area contributed by atoms with Gasteiger partial charge in [-0.1, -0.05) is 11.6 Å². The third kappa shape index (κ3) is 5.00. The van der Waals surface area contributed by atoms with Crippen molar-refractivity contribution < 1.29 is 23.0 Å². The number of benzene rings is 1. The van der Waals surface area contributed by atoms with E-state index in [1.165, 1.54) is 25.3 Å². The van der Waals surface area contributed by atoms with Crippen molar-refractivity contribution in [3.05, 3.63) is 28.8 Å². The summed E-state index contributed by atoms with van der Waals surface area (Å²) >= 11 is 5.80. The molecular weight excluding hydrogens is 280 g/mol. The Morgan fingerprint density at radius 1 is 1.47 bits per heavy atom. The molecule has 4 nitrogen and oxygen atoms in total. The topological polar surface area (TPSA) is 47.6 Å². The summed E-state index contributed by atoms with van der Waals surface area (Å²) in [5, 5.41) is 3.23. The molecule has 1 rings (SSSR count). The molecule has 1 aromatic carbocycles. The molecule has 0 spiro atoms. The molecule has 0 bridgehead atoms. The van der Waals surface area contributed by atoms with Crippen LogP contribution >= 0.6 is 11.6 Å². The lowest BCUT2D eigenvalue weighted by Crippen LogP contribution is -2.34. The first-order valence-electron chi connectivity index (χ1n) is 5.48. The van der Waals surface area contributed by atoms with Crippen LogP contribution in [0.5, 0.6) is 5.75 Å². The van der Waals surface area contributed by atoms with Crippen LogP contribution in [0.2, 0.25) is 5.02 Å². The second-order valence-electron chi connectivity index (χ2n) is 3.76. The Bertz CT molecular complexity index is 443. The van der Waals surface area contributed by atoms with Gasteiger partial charge < -0.3 is 14.8 Å². The molecule has 1 unspecified atom stereocenters. The van der Waals surface area contributed by atoms with Crippen molar-refractivity contribution in [2.45, 2.75) is 26.1 Å². The van der Waals surface area contributed by atoms with Gasteiger partial charge in [-0.2, -0.15) is 8.78 Å². The zero-order chi connectivity index (χ0) is 14.4. The summed E-state index contributed by atoms with van der Waals surface area (Å²) < 4.78 is 33.4. The van der Waals surface area contributed by atoms with Crippen molar-refractivity contribution in [2.75, 3.05) is 7.11 Å². The van der Waals surface area contributed by atoms with Crippen LogP contribution in [0.3, 0.4) is 0 Å². The van der Waals surface area contributed by atoms with Crippen molar-refractivity contribution in [2.24, 2.45) is 0 Å². The second kappa shape index (κ2) is 7.25. The molecule has 0 fully saturated rings. The predicted molar refractivity (Wildman–Crippen MR) is 66.4 cm³/mol. The summed E-state index contributed by atoms with van der Waals surface area (Å²) in [7, 11) is 1.27. The van der Waals surface area contributed by atoms with E-state index in [1.54, 1.807) is 6.92 Å². The zero-order valence-corrected chi connectivity index (χ0v) is 11.2. The summed E-state index contributed by atoms with van der Waals surface area (Å²) in [6.45, 7) is -1.17. The van der Waals surface area contributed by atoms with Crippen molar-refractivity contribution >= 4 is 17.6 Å². The Hall–Kier alpha value is -1.40. The molecule has 1 atom stereocenters. The third-order valence-electron chi connectivity index (χ3n) is 2.39. The molecule has 0 radical (unpaired) electrons. The van der Waals surface area contributed by atoms with E-state index in [2.05, 4.69) is 14.8 Å². The van der Waals surface area contributed by atoms with Gasteiger partial charge >= 0.3 is 12.6 Å². The average Bonchev–Trinajstić information content (AvgIpc) is 2.37. The predicted octanol–water partition coefficient (Wildman–Crippen LogP) is 2.59. The van der Waals surface area contributed by atoms with Gasteiger partial charge in [0.2, 0.25) is 0 Å². The highest BCUT2D eigenvalue weighted by molar-refractivity contribution is 6.30. The highest BCUT2D eigenvalue weighted by Crippen LogP contribution is 2.24. The lowest BCUT2D eigenvalue weighted by atomic mass is 10.2. The van der Waals surface area contributed by atoms with Crippen LogP contribution in [0.25, 0.3) is 0 Å². The summed E-state index contributed by atoms with van der Waals surface area (Å²) in [5.41, 5.74) is 0.434. The molecular formula is C12H14ClF2NO3. The summed E-state index contributed by atoms with van der Waals surface area (Å²) in [5.74, 6) is -0.428. The van der Waals surface area contributed by atoms with E-state index in [9.17, 15) is 13.6 Å². The molecule has 0 aromatic heterocycles. The number of hydrogen-bond donors (Lipinski definition) is 1. The van der Waals surface area contributed by atoms with E-state index in [-0.39, 0.29) is 12.3 Å².